The second kappa shape index (κ2) is 8.91. The molecule has 0 unspecified atom stereocenters. The number of halogens is 2. The van der Waals surface area contributed by atoms with E-state index in [-0.39, 0.29) is 11.6 Å². The Labute approximate surface area is 191 Å². The molecule has 1 heterocycles. The van der Waals surface area contributed by atoms with Gasteiger partial charge in [-0.25, -0.2) is 18.7 Å². The van der Waals surface area contributed by atoms with Gasteiger partial charge in [0.2, 0.25) is 0 Å². The average Bonchev–Trinajstić information content (AvgIpc) is 2.84. The predicted octanol–water partition coefficient (Wildman–Crippen LogP) is 7.34. The summed E-state index contributed by atoms with van der Waals surface area (Å²) < 4.78 is 27.1. The second-order valence-electron chi connectivity index (χ2n) is 8.24. The highest BCUT2D eigenvalue weighted by atomic mass is 19.1. The van der Waals surface area contributed by atoms with Gasteiger partial charge in [0.25, 0.3) is 0 Å². The first-order valence-electron chi connectivity index (χ1n) is 10.9. The van der Waals surface area contributed by atoms with Crippen molar-refractivity contribution < 1.29 is 8.78 Å². The number of nitrogens with zero attached hydrogens (tertiary/aromatic N) is 2. The fourth-order valence-electron chi connectivity index (χ4n) is 3.92. The number of benzene rings is 4. The molecule has 33 heavy (non-hydrogen) atoms. The third-order valence-electron chi connectivity index (χ3n) is 5.79. The predicted molar refractivity (Wildman–Crippen MR) is 129 cm³/mol. The molecule has 1 aromatic heterocycles. The van der Waals surface area contributed by atoms with E-state index < -0.39 is 0 Å². The monoisotopic (exact) mass is 436 g/mol. The van der Waals surface area contributed by atoms with Gasteiger partial charge < -0.3 is 0 Å². The van der Waals surface area contributed by atoms with Gasteiger partial charge in [0.1, 0.15) is 11.6 Å². The van der Waals surface area contributed by atoms with Crippen LogP contribution in [0.3, 0.4) is 0 Å². The Morgan fingerprint density at radius 2 is 1.03 bits per heavy atom. The largest absolute Gasteiger partial charge is 0.244 e. The molecule has 0 saturated carbocycles. The zero-order valence-electron chi connectivity index (χ0n) is 18.2. The summed E-state index contributed by atoms with van der Waals surface area (Å²) in [5, 5.41) is 0. The number of rotatable bonds is 5. The normalized spacial score (nSPS) is 11.1. The lowest BCUT2D eigenvalue weighted by atomic mass is 10.0. The molecule has 0 atom stereocenters. The van der Waals surface area contributed by atoms with Gasteiger partial charge in [-0.1, -0.05) is 35.9 Å². The smallest absolute Gasteiger partial charge is 0.123 e. The fraction of sp³-hybridized carbons (Fsp3) is 0.103. The maximum Gasteiger partial charge on any atom is 0.123 e. The Morgan fingerprint density at radius 1 is 0.545 bits per heavy atom. The highest BCUT2D eigenvalue weighted by Gasteiger charge is 2.14. The van der Waals surface area contributed by atoms with Gasteiger partial charge in [-0.3, -0.25) is 0 Å². The van der Waals surface area contributed by atoms with Crippen LogP contribution in [0.2, 0.25) is 0 Å². The van der Waals surface area contributed by atoms with E-state index >= 15 is 0 Å². The first-order chi connectivity index (χ1) is 16.0. The first-order valence-corrected chi connectivity index (χ1v) is 10.9. The summed E-state index contributed by atoms with van der Waals surface area (Å²) in [5.74, 6) is -0.622. The maximum absolute atomic E-state index is 13.5. The molecule has 2 nitrogen and oxygen atoms in total. The van der Waals surface area contributed by atoms with Crippen molar-refractivity contribution in [2.24, 2.45) is 0 Å². The second-order valence-corrected chi connectivity index (χ2v) is 8.24. The summed E-state index contributed by atoms with van der Waals surface area (Å²) >= 11 is 0. The Balaban J connectivity index is 1.55. The number of hydrogen-bond acceptors (Lipinski definition) is 2. The van der Waals surface area contributed by atoms with Gasteiger partial charge >= 0.3 is 0 Å². The zero-order chi connectivity index (χ0) is 22.8. The molecule has 0 fully saturated rings. The number of fused-ring (bicyclic) bond motifs is 1. The molecule has 0 amide bonds. The van der Waals surface area contributed by atoms with Crippen LogP contribution in [0.5, 0.6) is 0 Å². The van der Waals surface area contributed by atoms with Gasteiger partial charge in [0, 0.05) is 11.1 Å². The SMILES string of the molecule is Cc1ccc(CCc2ccc3nc(-c4ccc(F)cc4)c(-c4ccc(F)cc4)nc3c2)cc1. The molecule has 0 saturated heterocycles. The van der Waals surface area contributed by atoms with Crippen LogP contribution in [0.15, 0.2) is 91.0 Å². The van der Waals surface area contributed by atoms with Crippen molar-refractivity contribution in [1.82, 2.24) is 9.97 Å². The molecule has 4 heteroatoms. The fourth-order valence-corrected chi connectivity index (χ4v) is 3.92. The lowest BCUT2D eigenvalue weighted by Gasteiger charge is -2.12. The van der Waals surface area contributed by atoms with E-state index in [0.717, 1.165) is 35.0 Å². The highest BCUT2D eigenvalue weighted by Crippen LogP contribution is 2.31. The molecule has 0 spiro atoms. The van der Waals surface area contributed by atoms with Gasteiger partial charge in [-0.05, 0) is 91.6 Å². The van der Waals surface area contributed by atoms with Gasteiger partial charge in [0.15, 0.2) is 0 Å². The molecule has 0 aliphatic heterocycles. The summed E-state index contributed by atoms with van der Waals surface area (Å²) in [4.78, 5) is 9.79. The highest BCUT2D eigenvalue weighted by molar-refractivity contribution is 5.86. The number of hydrogen-bond donors (Lipinski definition) is 0. The van der Waals surface area contributed by atoms with Crippen LogP contribution in [0.1, 0.15) is 16.7 Å². The quantitative estimate of drug-likeness (QED) is 0.288. The van der Waals surface area contributed by atoms with Crippen LogP contribution in [-0.4, -0.2) is 9.97 Å². The Morgan fingerprint density at radius 3 is 1.61 bits per heavy atom. The molecule has 0 bridgehead atoms. The molecule has 0 aliphatic rings. The summed E-state index contributed by atoms with van der Waals surface area (Å²) in [6.07, 6.45) is 1.84. The molecule has 0 aliphatic carbocycles. The van der Waals surface area contributed by atoms with Crippen molar-refractivity contribution in [2.75, 3.05) is 0 Å². The van der Waals surface area contributed by atoms with Gasteiger partial charge in [-0.15, -0.1) is 0 Å². The van der Waals surface area contributed by atoms with Crippen LogP contribution in [0, 0.1) is 18.6 Å². The summed E-state index contributed by atoms with van der Waals surface area (Å²) in [5.41, 5.74) is 8.07. The van der Waals surface area contributed by atoms with Crippen molar-refractivity contribution in [3.63, 3.8) is 0 Å². The Kier molecular flexibility index (Phi) is 5.66. The number of aromatic nitrogens is 2. The van der Waals surface area contributed by atoms with E-state index in [0.29, 0.717) is 11.4 Å². The average molecular weight is 437 g/mol. The third kappa shape index (κ3) is 4.65. The minimum Gasteiger partial charge on any atom is -0.244 e. The van der Waals surface area contributed by atoms with E-state index in [9.17, 15) is 8.78 Å². The molecular weight excluding hydrogens is 414 g/mol. The summed E-state index contributed by atoms with van der Waals surface area (Å²) in [7, 11) is 0. The van der Waals surface area contributed by atoms with Crippen molar-refractivity contribution in [2.45, 2.75) is 19.8 Å². The standard InChI is InChI=1S/C29H22F2N2/c1-19-2-4-20(5-3-19)6-7-21-8-17-26-27(18-21)33-29(23-11-15-25(31)16-12-23)28(32-26)22-9-13-24(30)14-10-22/h2-5,8-18H,6-7H2,1H3. The molecule has 5 rings (SSSR count). The van der Waals surface area contributed by atoms with Crippen molar-refractivity contribution in [3.05, 3.63) is 119 Å². The molecule has 0 N–H and O–H groups in total. The number of aryl methyl sites for hydroxylation is 3. The van der Waals surface area contributed by atoms with E-state index in [2.05, 4.69) is 43.3 Å². The van der Waals surface area contributed by atoms with Crippen LogP contribution in [0.25, 0.3) is 33.5 Å². The molecule has 4 aromatic carbocycles. The summed E-state index contributed by atoms with van der Waals surface area (Å²) in [6.45, 7) is 2.09. The molecule has 5 aromatic rings. The van der Waals surface area contributed by atoms with E-state index in [1.165, 1.54) is 41.0 Å². The van der Waals surface area contributed by atoms with Crippen LogP contribution >= 0.6 is 0 Å². The van der Waals surface area contributed by atoms with E-state index in [1.807, 2.05) is 6.07 Å². The lowest BCUT2D eigenvalue weighted by molar-refractivity contribution is 0.627. The minimum absolute atomic E-state index is 0.311. The van der Waals surface area contributed by atoms with Gasteiger partial charge in [-0.2, -0.15) is 0 Å². The van der Waals surface area contributed by atoms with E-state index in [1.54, 1.807) is 24.3 Å². The van der Waals surface area contributed by atoms with Crippen LogP contribution in [-0.2, 0) is 12.8 Å². The van der Waals surface area contributed by atoms with Crippen LogP contribution < -0.4 is 0 Å². The topological polar surface area (TPSA) is 25.8 Å². The molecular formula is C29H22F2N2. The maximum atomic E-state index is 13.5. The third-order valence-corrected chi connectivity index (χ3v) is 5.79. The molecule has 162 valence electrons. The zero-order valence-corrected chi connectivity index (χ0v) is 18.2. The first kappa shape index (κ1) is 21.0. The minimum atomic E-state index is -0.311. The lowest BCUT2D eigenvalue weighted by Crippen LogP contribution is -1.98. The van der Waals surface area contributed by atoms with Crippen LogP contribution in [0.4, 0.5) is 8.78 Å². The Bertz CT molecular complexity index is 1410. The van der Waals surface area contributed by atoms with Crippen molar-refractivity contribution >= 4 is 11.0 Å². The summed E-state index contributed by atoms with van der Waals surface area (Å²) in [6, 6.07) is 27.1. The van der Waals surface area contributed by atoms with Crippen molar-refractivity contribution in [1.29, 1.82) is 0 Å². The van der Waals surface area contributed by atoms with Gasteiger partial charge in [0.05, 0.1) is 22.4 Å². The Hall–Kier alpha value is -3.92. The molecule has 0 radical (unpaired) electrons. The van der Waals surface area contributed by atoms with E-state index in [4.69, 9.17) is 9.97 Å². The van der Waals surface area contributed by atoms with Crippen molar-refractivity contribution in [3.8, 4) is 22.5 Å².